The molecule has 0 aromatic heterocycles. The van der Waals surface area contributed by atoms with Gasteiger partial charge in [0, 0.05) is 5.56 Å². The topological polar surface area (TPSA) is 40.1 Å². The van der Waals surface area contributed by atoms with Crippen LogP contribution in [0.3, 0.4) is 0 Å². The Hall–Kier alpha value is -0.720. The Labute approximate surface area is 66.7 Å². The first-order valence-corrected chi connectivity index (χ1v) is 4.65. The van der Waals surface area contributed by atoms with Crippen LogP contribution in [0.4, 0.5) is 0 Å². The zero-order valence-corrected chi connectivity index (χ0v) is 7.17. The largest absolute Gasteiger partial charge is 0.591 e. The number of hydrogen-bond donors (Lipinski definition) is 0. The van der Waals surface area contributed by atoms with Crippen molar-refractivity contribution in [3.63, 3.8) is 0 Å². The molecular weight excluding hydrogens is 159 g/mol. The average molecular weight is 168 g/mol. The Morgan fingerprint density at radius 2 is 2.09 bits per heavy atom. The maximum absolute atomic E-state index is 10.6. The summed E-state index contributed by atoms with van der Waals surface area (Å²) in [6, 6.07) is 7.05. The number of rotatable bonds is 2. The molecule has 1 aromatic rings. The van der Waals surface area contributed by atoms with Gasteiger partial charge in [0.05, 0.1) is 0 Å². The molecule has 1 rings (SSSR count). The highest BCUT2D eigenvalue weighted by atomic mass is 31.1. The van der Waals surface area contributed by atoms with Crippen molar-refractivity contribution < 1.29 is 9.46 Å². The van der Waals surface area contributed by atoms with E-state index in [4.69, 9.17) is 0 Å². The van der Waals surface area contributed by atoms with Gasteiger partial charge in [-0.3, -0.25) is 0 Å². The van der Waals surface area contributed by atoms with Crippen LogP contribution < -0.4 is 10.2 Å². The van der Waals surface area contributed by atoms with E-state index in [0.717, 1.165) is 12.0 Å². The third-order valence-corrected chi connectivity index (χ3v) is 2.40. The maximum atomic E-state index is 10.6. The molecule has 0 heterocycles. The summed E-state index contributed by atoms with van der Waals surface area (Å²) in [6.45, 7) is 1.94. The van der Waals surface area contributed by atoms with E-state index in [2.05, 4.69) is 0 Å². The second-order valence-electron chi connectivity index (χ2n) is 2.24. The molecule has 0 saturated heterocycles. The van der Waals surface area contributed by atoms with Crippen LogP contribution >= 0.6 is 8.03 Å². The van der Waals surface area contributed by atoms with Crippen LogP contribution in [0.15, 0.2) is 24.3 Å². The Kier molecular flexibility index (Phi) is 2.75. The number of aryl methyl sites for hydroxylation is 1. The molecular formula is C8H9O2P. The van der Waals surface area contributed by atoms with Crippen molar-refractivity contribution in [1.29, 1.82) is 0 Å². The predicted molar refractivity (Wildman–Crippen MR) is 43.1 cm³/mol. The Bertz CT molecular complexity index is 271. The SMILES string of the molecule is CCc1ccccc1[P+](=O)[O-]. The monoisotopic (exact) mass is 168 g/mol. The minimum atomic E-state index is -2.42. The van der Waals surface area contributed by atoms with Crippen molar-refractivity contribution >= 4 is 13.3 Å². The van der Waals surface area contributed by atoms with Crippen LogP contribution in [0.2, 0.25) is 0 Å². The fourth-order valence-electron chi connectivity index (χ4n) is 0.988. The lowest BCUT2D eigenvalue weighted by Crippen LogP contribution is -2.09. The van der Waals surface area contributed by atoms with Gasteiger partial charge in [0.2, 0.25) is 0 Å². The fraction of sp³-hybridized carbons (Fsp3) is 0.250. The highest BCUT2D eigenvalue weighted by Gasteiger charge is 2.10. The van der Waals surface area contributed by atoms with E-state index in [9.17, 15) is 9.46 Å². The normalized spacial score (nSPS) is 11.3. The summed E-state index contributed by atoms with van der Waals surface area (Å²) < 4.78 is 10.6. The van der Waals surface area contributed by atoms with E-state index in [1.54, 1.807) is 12.1 Å². The molecule has 58 valence electrons. The van der Waals surface area contributed by atoms with Crippen molar-refractivity contribution in [2.24, 2.45) is 0 Å². The van der Waals surface area contributed by atoms with Gasteiger partial charge in [-0.1, -0.05) is 29.7 Å². The van der Waals surface area contributed by atoms with E-state index >= 15 is 0 Å². The molecule has 0 amide bonds. The van der Waals surface area contributed by atoms with Gasteiger partial charge in [-0.15, -0.1) is 0 Å². The number of hydrogen-bond acceptors (Lipinski definition) is 2. The summed E-state index contributed by atoms with van der Waals surface area (Å²) in [7, 11) is -2.42. The third kappa shape index (κ3) is 1.86. The second-order valence-corrected chi connectivity index (χ2v) is 3.24. The van der Waals surface area contributed by atoms with Crippen LogP contribution in [0.25, 0.3) is 0 Å². The molecule has 0 fully saturated rings. The lowest BCUT2D eigenvalue weighted by molar-refractivity contribution is -0.160. The van der Waals surface area contributed by atoms with Crippen LogP contribution in [0.1, 0.15) is 12.5 Å². The summed E-state index contributed by atoms with van der Waals surface area (Å²) in [6.07, 6.45) is 0.763. The van der Waals surface area contributed by atoms with Gasteiger partial charge in [0.1, 0.15) is 0 Å². The first-order valence-electron chi connectivity index (χ1n) is 3.48. The molecule has 0 radical (unpaired) electrons. The number of benzene rings is 1. The van der Waals surface area contributed by atoms with Crippen molar-refractivity contribution in [3.8, 4) is 0 Å². The summed E-state index contributed by atoms with van der Waals surface area (Å²) in [5, 5.41) is 0.449. The van der Waals surface area contributed by atoms with Crippen molar-refractivity contribution in [1.82, 2.24) is 0 Å². The first kappa shape index (κ1) is 8.38. The molecule has 0 aliphatic rings. The molecule has 1 unspecified atom stereocenters. The highest BCUT2D eigenvalue weighted by molar-refractivity contribution is 7.46. The fourth-order valence-corrected chi connectivity index (χ4v) is 1.66. The van der Waals surface area contributed by atoms with Crippen LogP contribution in [0.5, 0.6) is 0 Å². The van der Waals surface area contributed by atoms with Crippen molar-refractivity contribution in [3.05, 3.63) is 29.8 Å². The molecule has 11 heavy (non-hydrogen) atoms. The smallest absolute Gasteiger partial charge is 0.349 e. The van der Waals surface area contributed by atoms with E-state index in [1.807, 2.05) is 19.1 Å². The molecule has 1 aromatic carbocycles. The van der Waals surface area contributed by atoms with Gasteiger partial charge in [-0.25, -0.2) is 0 Å². The van der Waals surface area contributed by atoms with Gasteiger partial charge >= 0.3 is 8.03 Å². The van der Waals surface area contributed by atoms with E-state index in [0.29, 0.717) is 5.30 Å². The minimum Gasteiger partial charge on any atom is -0.591 e. The van der Waals surface area contributed by atoms with Gasteiger partial charge in [0.15, 0.2) is 5.30 Å². The molecule has 0 spiro atoms. The van der Waals surface area contributed by atoms with E-state index in [-0.39, 0.29) is 0 Å². The molecule has 0 bridgehead atoms. The van der Waals surface area contributed by atoms with Gasteiger partial charge in [-0.05, 0) is 12.5 Å². The Morgan fingerprint density at radius 1 is 1.45 bits per heavy atom. The molecule has 0 aliphatic carbocycles. The standard InChI is InChI=1S/C8H9O2P/c1-2-7-5-3-4-6-8(7)11(9)10/h3-6H,2H2,1H3. The maximum Gasteiger partial charge on any atom is 0.349 e. The van der Waals surface area contributed by atoms with Gasteiger partial charge in [0.25, 0.3) is 0 Å². The molecule has 0 N–H and O–H groups in total. The zero-order chi connectivity index (χ0) is 8.27. The molecule has 1 atom stereocenters. The summed E-state index contributed by atoms with van der Waals surface area (Å²) in [5.74, 6) is 0. The summed E-state index contributed by atoms with van der Waals surface area (Å²) in [5.41, 5.74) is 0.892. The Morgan fingerprint density at radius 3 is 2.55 bits per heavy atom. The average Bonchev–Trinajstić information content (AvgIpc) is 2.04. The lowest BCUT2D eigenvalue weighted by Gasteiger charge is -1.96. The van der Waals surface area contributed by atoms with Crippen LogP contribution in [-0.2, 0) is 11.0 Å². The summed E-state index contributed by atoms with van der Waals surface area (Å²) in [4.78, 5) is 10.6. The van der Waals surface area contributed by atoms with Gasteiger partial charge in [-0.2, -0.15) is 0 Å². The lowest BCUT2D eigenvalue weighted by atomic mass is 10.2. The zero-order valence-electron chi connectivity index (χ0n) is 6.28. The van der Waals surface area contributed by atoms with E-state index < -0.39 is 8.03 Å². The minimum absolute atomic E-state index is 0.449. The second kappa shape index (κ2) is 3.61. The third-order valence-electron chi connectivity index (χ3n) is 1.57. The van der Waals surface area contributed by atoms with Crippen LogP contribution in [0, 0.1) is 0 Å². The van der Waals surface area contributed by atoms with E-state index in [1.165, 1.54) is 0 Å². The first-order chi connectivity index (χ1) is 5.25. The van der Waals surface area contributed by atoms with Crippen molar-refractivity contribution in [2.45, 2.75) is 13.3 Å². The molecule has 0 saturated carbocycles. The highest BCUT2D eigenvalue weighted by Crippen LogP contribution is 2.11. The predicted octanol–water partition coefficient (Wildman–Crippen LogP) is 0.977. The van der Waals surface area contributed by atoms with Crippen molar-refractivity contribution in [2.75, 3.05) is 0 Å². The summed E-state index contributed by atoms with van der Waals surface area (Å²) >= 11 is 0. The molecule has 2 nitrogen and oxygen atoms in total. The van der Waals surface area contributed by atoms with Crippen LogP contribution in [-0.4, -0.2) is 0 Å². The quantitative estimate of drug-likeness (QED) is 0.617. The van der Waals surface area contributed by atoms with Gasteiger partial charge < -0.3 is 4.89 Å². The molecule has 0 aliphatic heterocycles. The Balaban J connectivity index is 3.12. The molecule has 3 heteroatoms.